The number of aliphatic carboxylic acids is 1. The fourth-order valence-electron chi connectivity index (χ4n) is 0.668. The summed E-state index contributed by atoms with van der Waals surface area (Å²) in [5.41, 5.74) is 0.653. The van der Waals surface area contributed by atoms with Crippen LogP contribution in [0, 0.1) is 0 Å². The third-order valence-corrected chi connectivity index (χ3v) is 2.11. The summed E-state index contributed by atoms with van der Waals surface area (Å²) >= 11 is 3.01. The van der Waals surface area contributed by atoms with Gasteiger partial charge in [-0.3, -0.25) is 9.78 Å². The van der Waals surface area contributed by atoms with Crippen molar-refractivity contribution in [2.24, 2.45) is 0 Å². The Morgan fingerprint density at radius 2 is 2.45 bits per heavy atom. The van der Waals surface area contributed by atoms with E-state index in [1.54, 1.807) is 18.3 Å². The van der Waals surface area contributed by atoms with Gasteiger partial charge in [-0.15, -0.1) is 0 Å². The van der Waals surface area contributed by atoms with E-state index in [9.17, 15) is 4.79 Å². The third kappa shape index (κ3) is 2.01. The van der Waals surface area contributed by atoms with E-state index in [-0.39, 0.29) is 0 Å². The van der Waals surface area contributed by atoms with E-state index >= 15 is 0 Å². The molecule has 1 heterocycles. The van der Waals surface area contributed by atoms with Crippen LogP contribution in [0.15, 0.2) is 24.5 Å². The van der Waals surface area contributed by atoms with Crippen LogP contribution < -0.4 is 0 Å². The molecule has 1 aromatic rings. The van der Waals surface area contributed by atoms with Crippen LogP contribution in [0.25, 0.3) is 0 Å². The second kappa shape index (κ2) is 3.48. The molecule has 0 aliphatic carbocycles. The van der Waals surface area contributed by atoms with Crippen molar-refractivity contribution in [1.82, 2.24) is 4.98 Å². The molecule has 0 fully saturated rings. The van der Waals surface area contributed by atoms with E-state index in [2.05, 4.69) is 20.9 Å². The molecule has 0 radical (unpaired) electrons. The van der Waals surface area contributed by atoms with Gasteiger partial charge in [0.2, 0.25) is 0 Å². The number of rotatable bonds is 2. The Morgan fingerprint density at radius 1 is 1.73 bits per heavy atom. The highest BCUT2D eigenvalue weighted by Crippen LogP contribution is 2.20. The van der Waals surface area contributed by atoms with Crippen LogP contribution in [0.3, 0.4) is 0 Å². The van der Waals surface area contributed by atoms with E-state index in [0.717, 1.165) is 0 Å². The van der Waals surface area contributed by atoms with E-state index in [1.165, 1.54) is 6.20 Å². The molecule has 0 aliphatic rings. The van der Waals surface area contributed by atoms with Crippen molar-refractivity contribution in [3.05, 3.63) is 30.1 Å². The molecular formula is C7H6BrNO2. The lowest BCUT2D eigenvalue weighted by molar-refractivity contribution is -0.136. The van der Waals surface area contributed by atoms with E-state index in [4.69, 9.17) is 5.11 Å². The Labute approximate surface area is 72.2 Å². The molecule has 0 bridgehead atoms. The summed E-state index contributed by atoms with van der Waals surface area (Å²) in [6, 6.07) is 3.41. The number of hydrogen-bond donors (Lipinski definition) is 1. The lowest BCUT2D eigenvalue weighted by atomic mass is 10.2. The van der Waals surface area contributed by atoms with Crippen LogP contribution in [-0.2, 0) is 4.79 Å². The summed E-state index contributed by atoms with van der Waals surface area (Å²) in [7, 11) is 0. The minimum atomic E-state index is -0.905. The van der Waals surface area contributed by atoms with Crippen LogP contribution in [0.5, 0.6) is 0 Å². The first kappa shape index (κ1) is 8.20. The van der Waals surface area contributed by atoms with Crippen molar-refractivity contribution in [2.75, 3.05) is 0 Å². The fourth-order valence-corrected chi connectivity index (χ4v) is 0.939. The number of alkyl halides is 1. The number of carboxylic acid groups (broad SMARTS) is 1. The van der Waals surface area contributed by atoms with Crippen LogP contribution in [0.1, 0.15) is 10.4 Å². The molecule has 4 heteroatoms. The van der Waals surface area contributed by atoms with Gasteiger partial charge in [0.25, 0.3) is 0 Å². The molecule has 1 atom stereocenters. The Balaban J connectivity index is 2.85. The summed E-state index contributed by atoms with van der Waals surface area (Å²) in [4.78, 5) is 13.6. The molecule has 0 saturated carbocycles. The standard InChI is InChI=1S/C7H6BrNO2/c8-6(7(10)11)5-2-1-3-9-4-5/h1-4,6H,(H,10,11). The summed E-state index contributed by atoms with van der Waals surface area (Å²) in [5.74, 6) is -0.905. The highest BCUT2D eigenvalue weighted by molar-refractivity contribution is 9.09. The predicted octanol–water partition coefficient (Wildman–Crippen LogP) is 1.60. The number of carbonyl (C=O) groups is 1. The zero-order chi connectivity index (χ0) is 8.27. The van der Waals surface area contributed by atoms with E-state index in [1.807, 2.05) is 0 Å². The lowest BCUT2D eigenvalue weighted by Gasteiger charge is -2.01. The van der Waals surface area contributed by atoms with Gasteiger partial charge in [-0.1, -0.05) is 22.0 Å². The third-order valence-electron chi connectivity index (χ3n) is 1.19. The molecule has 1 N–H and O–H groups in total. The molecule has 0 amide bonds. The minimum Gasteiger partial charge on any atom is -0.480 e. The topological polar surface area (TPSA) is 50.2 Å². The highest BCUT2D eigenvalue weighted by atomic mass is 79.9. The number of halogens is 1. The van der Waals surface area contributed by atoms with Gasteiger partial charge in [0.15, 0.2) is 0 Å². The van der Waals surface area contributed by atoms with Gasteiger partial charge >= 0.3 is 5.97 Å². The lowest BCUT2D eigenvalue weighted by Crippen LogP contribution is -2.04. The average molecular weight is 216 g/mol. The zero-order valence-electron chi connectivity index (χ0n) is 5.57. The Hall–Kier alpha value is -0.900. The number of aromatic nitrogens is 1. The number of nitrogens with zero attached hydrogens (tertiary/aromatic N) is 1. The number of pyridine rings is 1. The van der Waals surface area contributed by atoms with Crippen LogP contribution in [0.2, 0.25) is 0 Å². The van der Waals surface area contributed by atoms with E-state index < -0.39 is 10.8 Å². The quantitative estimate of drug-likeness (QED) is 0.763. The van der Waals surface area contributed by atoms with Crippen LogP contribution in [-0.4, -0.2) is 16.1 Å². The number of hydrogen-bond acceptors (Lipinski definition) is 2. The SMILES string of the molecule is O=C(O)C(Br)c1cccnc1. The van der Waals surface area contributed by atoms with Gasteiger partial charge in [-0.25, -0.2) is 0 Å². The molecule has 3 nitrogen and oxygen atoms in total. The maximum absolute atomic E-state index is 10.4. The molecule has 58 valence electrons. The van der Waals surface area contributed by atoms with Crippen molar-refractivity contribution < 1.29 is 9.90 Å². The number of carboxylic acids is 1. The van der Waals surface area contributed by atoms with Crippen molar-refractivity contribution in [1.29, 1.82) is 0 Å². The van der Waals surface area contributed by atoms with Crippen LogP contribution in [0.4, 0.5) is 0 Å². The summed E-state index contributed by atoms with van der Waals surface area (Å²) in [6.07, 6.45) is 3.12. The molecule has 1 aromatic heterocycles. The first-order valence-corrected chi connectivity index (χ1v) is 3.90. The van der Waals surface area contributed by atoms with Gasteiger partial charge in [-0.2, -0.15) is 0 Å². The largest absolute Gasteiger partial charge is 0.480 e. The Morgan fingerprint density at radius 3 is 2.91 bits per heavy atom. The maximum atomic E-state index is 10.4. The van der Waals surface area contributed by atoms with Gasteiger partial charge in [-0.05, 0) is 11.6 Å². The maximum Gasteiger partial charge on any atom is 0.321 e. The van der Waals surface area contributed by atoms with Gasteiger partial charge in [0.05, 0.1) is 0 Å². The van der Waals surface area contributed by atoms with Gasteiger partial charge in [0, 0.05) is 12.4 Å². The minimum absolute atomic E-state index is 0.653. The normalized spacial score (nSPS) is 12.5. The van der Waals surface area contributed by atoms with E-state index in [0.29, 0.717) is 5.56 Å². The second-order valence-electron chi connectivity index (χ2n) is 1.99. The van der Waals surface area contributed by atoms with Crippen molar-refractivity contribution in [3.63, 3.8) is 0 Å². The Kier molecular flexibility index (Phi) is 2.59. The molecule has 0 saturated heterocycles. The molecule has 0 aliphatic heterocycles. The first-order valence-electron chi connectivity index (χ1n) is 2.98. The average Bonchev–Trinajstić information content (AvgIpc) is 2.05. The monoisotopic (exact) mass is 215 g/mol. The molecule has 0 spiro atoms. The molecular weight excluding hydrogens is 210 g/mol. The van der Waals surface area contributed by atoms with Crippen molar-refractivity contribution in [2.45, 2.75) is 4.83 Å². The first-order chi connectivity index (χ1) is 5.22. The Bertz CT molecular complexity index is 250. The zero-order valence-corrected chi connectivity index (χ0v) is 7.15. The highest BCUT2D eigenvalue weighted by Gasteiger charge is 2.14. The van der Waals surface area contributed by atoms with Crippen molar-refractivity contribution in [3.8, 4) is 0 Å². The van der Waals surface area contributed by atoms with Gasteiger partial charge in [0.1, 0.15) is 4.83 Å². The van der Waals surface area contributed by atoms with Crippen LogP contribution >= 0.6 is 15.9 Å². The van der Waals surface area contributed by atoms with Gasteiger partial charge < -0.3 is 5.11 Å². The molecule has 11 heavy (non-hydrogen) atoms. The second-order valence-corrected chi connectivity index (χ2v) is 2.90. The molecule has 0 aromatic carbocycles. The summed E-state index contributed by atoms with van der Waals surface area (Å²) < 4.78 is 0. The summed E-state index contributed by atoms with van der Waals surface area (Å²) in [6.45, 7) is 0. The summed E-state index contributed by atoms with van der Waals surface area (Å²) in [5, 5.41) is 8.56. The predicted molar refractivity (Wildman–Crippen MR) is 43.5 cm³/mol. The fraction of sp³-hybridized carbons (Fsp3) is 0.143. The smallest absolute Gasteiger partial charge is 0.321 e. The molecule has 1 rings (SSSR count). The van der Waals surface area contributed by atoms with Crippen molar-refractivity contribution >= 4 is 21.9 Å². The molecule has 1 unspecified atom stereocenters.